The Labute approximate surface area is 143 Å². The number of hydrogen-bond acceptors (Lipinski definition) is 4. The summed E-state index contributed by atoms with van der Waals surface area (Å²) in [6.07, 6.45) is 9.10. The summed E-state index contributed by atoms with van der Waals surface area (Å²) in [6.45, 7) is 2.52. The number of benzene rings is 1. The largest absolute Gasteiger partial charge is 0.448 e. The fourth-order valence-corrected chi connectivity index (χ4v) is 3.99. The smallest absolute Gasteiger partial charge is 0.251 e. The maximum atomic E-state index is 12.3. The van der Waals surface area contributed by atoms with Crippen LogP contribution in [0.2, 0.25) is 0 Å². The quantitative estimate of drug-likeness (QED) is 0.921. The summed E-state index contributed by atoms with van der Waals surface area (Å²) in [4.78, 5) is 14.5. The van der Waals surface area contributed by atoms with Crippen molar-refractivity contribution in [2.75, 3.05) is 25.0 Å². The minimum atomic E-state index is -0.461. The minimum Gasteiger partial charge on any atom is -0.448 e. The van der Waals surface area contributed by atoms with E-state index in [9.17, 15) is 4.79 Å². The molecule has 1 amide bonds. The Balaban J connectivity index is 1.38. The third-order valence-electron chi connectivity index (χ3n) is 5.25. The highest BCUT2D eigenvalue weighted by atomic mass is 16.7. The van der Waals surface area contributed by atoms with Crippen molar-refractivity contribution in [2.45, 2.75) is 57.2 Å². The zero-order chi connectivity index (χ0) is 16.4. The molecule has 130 valence electrons. The zero-order valence-corrected chi connectivity index (χ0v) is 14.2. The van der Waals surface area contributed by atoms with E-state index in [1.807, 2.05) is 18.2 Å². The van der Waals surface area contributed by atoms with Crippen LogP contribution in [0.4, 0.5) is 5.69 Å². The highest BCUT2D eigenvalue weighted by molar-refractivity contribution is 5.92. The minimum absolute atomic E-state index is 0.0446. The summed E-state index contributed by atoms with van der Waals surface area (Å²) in [6, 6.07) is 5.71. The van der Waals surface area contributed by atoms with E-state index in [1.54, 1.807) is 0 Å². The van der Waals surface area contributed by atoms with Crippen LogP contribution in [-0.2, 0) is 4.79 Å². The second-order valence-electron chi connectivity index (χ2n) is 7.22. The van der Waals surface area contributed by atoms with Crippen LogP contribution in [0.5, 0.6) is 11.5 Å². The van der Waals surface area contributed by atoms with E-state index in [4.69, 9.17) is 9.47 Å². The molecule has 2 aliphatic heterocycles. The predicted molar refractivity (Wildman–Crippen MR) is 92.4 cm³/mol. The number of amides is 1. The number of rotatable bonds is 3. The number of piperidine rings is 1. The molecule has 5 nitrogen and oxygen atoms in total. The molecule has 3 aliphatic rings. The topological polar surface area (TPSA) is 50.8 Å². The van der Waals surface area contributed by atoms with Crippen LogP contribution in [0.15, 0.2) is 18.2 Å². The van der Waals surface area contributed by atoms with Crippen molar-refractivity contribution in [2.24, 2.45) is 0 Å². The van der Waals surface area contributed by atoms with E-state index in [1.165, 1.54) is 25.7 Å². The first-order chi connectivity index (χ1) is 11.7. The summed E-state index contributed by atoms with van der Waals surface area (Å²) in [5.74, 6) is 1.14. The lowest BCUT2D eigenvalue weighted by Crippen LogP contribution is -2.40. The molecular formula is C19H26N2O3. The van der Waals surface area contributed by atoms with Crippen LogP contribution in [0, 0.1) is 0 Å². The number of anilines is 1. The fourth-order valence-electron chi connectivity index (χ4n) is 3.99. The first-order valence-electron chi connectivity index (χ1n) is 9.27. The lowest BCUT2D eigenvalue weighted by Gasteiger charge is -2.31. The molecule has 0 atom stereocenters. The van der Waals surface area contributed by atoms with Gasteiger partial charge in [0.1, 0.15) is 0 Å². The van der Waals surface area contributed by atoms with Crippen molar-refractivity contribution < 1.29 is 14.3 Å². The second kappa shape index (κ2) is 6.63. The van der Waals surface area contributed by atoms with Gasteiger partial charge in [-0.05, 0) is 50.9 Å². The predicted octanol–water partition coefficient (Wildman–Crippen LogP) is 3.54. The molecule has 24 heavy (non-hydrogen) atoms. The van der Waals surface area contributed by atoms with E-state index in [2.05, 4.69) is 10.2 Å². The highest BCUT2D eigenvalue weighted by Gasteiger charge is 2.42. The van der Waals surface area contributed by atoms with Crippen LogP contribution >= 0.6 is 0 Å². The van der Waals surface area contributed by atoms with Crippen LogP contribution < -0.4 is 14.8 Å². The number of carbonyl (C=O) groups is 1. The standard InChI is InChI=1S/C19H26N2O3/c22-18(14-21-11-5-2-6-12-21)20-15-7-8-16-17(13-15)24-19(23-16)9-3-1-4-10-19/h7-8,13H,1-6,9-12,14H2,(H,20,22). The molecule has 1 aromatic rings. The molecule has 1 saturated carbocycles. The zero-order valence-electron chi connectivity index (χ0n) is 14.2. The van der Waals surface area contributed by atoms with E-state index >= 15 is 0 Å². The summed E-state index contributed by atoms with van der Waals surface area (Å²) < 4.78 is 12.2. The van der Waals surface area contributed by atoms with Gasteiger partial charge in [-0.15, -0.1) is 0 Å². The number of hydrogen-bond donors (Lipinski definition) is 1. The third kappa shape index (κ3) is 3.36. The van der Waals surface area contributed by atoms with Gasteiger partial charge in [0.2, 0.25) is 5.91 Å². The molecular weight excluding hydrogens is 304 g/mol. The highest BCUT2D eigenvalue weighted by Crippen LogP contribution is 2.46. The average molecular weight is 330 g/mol. The van der Waals surface area contributed by atoms with Crippen molar-refractivity contribution in [3.05, 3.63) is 18.2 Å². The van der Waals surface area contributed by atoms with E-state index < -0.39 is 5.79 Å². The average Bonchev–Trinajstić information content (AvgIpc) is 2.93. The number of nitrogens with one attached hydrogen (secondary N) is 1. The summed E-state index contributed by atoms with van der Waals surface area (Å²) in [7, 11) is 0. The van der Waals surface area contributed by atoms with E-state index in [-0.39, 0.29) is 5.91 Å². The van der Waals surface area contributed by atoms with Crippen LogP contribution in [0.1, 0.15) is 51.4 Å². The molecule has 0 radical (unpaired) electrons. The third-order valence-corrected chi connectivity index (χ3v) is 5.25. The Hall–Kier alpha value is -1.75. The SMILES string of the molecule is O=C(CN1CCCCC1)Nc1ccc2c(c1)OC1(CCCCC1)O2. The molecule has 1 N–H and O–H groups in total. The van der Waals surface area contributed by atoms with Gasteiger partial charge in [0.05, 0.1) is 6.54 Å². The van der Waals surface area contributed by atoms with Gasteiger partial charge in [0.15, 0.2) is 11.5 Å². The van der Waals surface area contributed by atoms with Gasteiger partial charge in [-0.3, -0.25) is 9.69 Å². The van der Waals surface area contributed by atoms with Gasteiger partial charge in [-0.1, -0.05) is 12.8 Å². The van der Waals surface area contributed by atoms with Gasteiger partial charge in [0.25, 0.3) is 5.79 Å². The molecule has 1 spiro atoms. The summed E-state index contributed by atoms with van der Waals surface area (Å²) in [5, 5.41) is 2.99. The molecule has 0 bridgehead atoms. The van der Waals surface area contributed by atoms with Gasteiger partial charge in [-0.25, -0.2) is 0 Å². The molecule has 5 heteroatoms. The van der Waals surface area contributed by atoms with Gasteiger partial charge >= 0.3 is 0 Å². The van der Waals surface area contributed by atoms with Crippen molar-refractivity contribution in [3.8, 4) is 11.5 Å². The Morgan fingerprint density at radius 1 is 1.00 bits per heavy atom. The first kappa shape index (κ1) is 15.8. The van der Waals surface area contributed by atoms with Crippen molar-refractivity contribution in [1.82, 2.24) is 4.90 Å². The normalized spacial score (nSPS) is 22.5. The van der Waals surface area contributed by atoms with Crippen molar-refractivity contribution >= 4 is 11.6 Å². The number of carbonyl (C=O) groups excluding carboxylic acids is 1. The molecule has 4 rings (SSSR count). The Morgan fingerprint density at radius 3 is 2.50 bits per heavy atom. The Kier molecular flexibility index (Phi) is 4.35. The molecule has 2 fully saturated rings. The fraction of sp³-hybridized carbons (Fsp3) is 0.632. The van der Waals surface area contributed by atoms with Crippen molar-refractivity contribution in [1.29, 1.82) is 0 Å². The maximum Gasteiger partial charge on any atom is 0.251 e. The maximum absolute atomic E-state index is 12.3. The van der Waals surface area contributed by atoms with Gasteiger partial charge in [0, 0.05) is 24.6 Å². The van der Waals surface area contributed by atoms with Crippen molar-refractivity contribution in [3.63, 3.8) is 0 Å². The lowest BCUT2D eigenvalue weighted by molar-refractivity contribution is -0.117. The molecule has 1 aromatic carbocycles. The molecule has 0 unspecified atom stereocenters. The molecule has 1 aliphatic carbocycles. The number of nitrogens with zero attached hydrogens (tertiary/aromatic N) is 1. The number of fused-ring (bicyclic) bond motifs is 1. The molecule has 2 heterocycles. The summed E-state index contributed by atoms with van der Waals surface area (Å²) >= 11 is 0. The second-order valence-corrected chi connectivity index (χ2v) is 7.22. The lowest BCUT2D eigenvalue weighted by atomic mass is 9.94. The van der Waals surface area contributed by atoms with Crippen LogP contribution in [0.25, 0.3) is 0 Å². The van der Waals surface area contributed by atoms with Gasteiger partial charge in [-0.2, -0.15) is 0 Å². The monoisotopic (exact) mass is 330 g/mol. The molecule has 0 aromatic heterocycles. The first-order valence-corrected chi connectivity index (χ1v) is 9.27. The molecule has 1 saturated heterocycles. The van der Waals surface area contributed by atoms with Gasteiger partial charge < -0.3 is 14.8 Å². The Bertz CT molecular complexity index is 605. The van der Waals surface area contributed by atoms with E-state index in [0.717, 1.165) is 56.0 Å². The van der Waals surface area contributed by atoms with E-state index in [0.29, 0.717) is 6.54 Å². The number of likely N-dealkylation sites (tertiary alicyclic amines) is 1. The Morgan fingerprint density at radius 2 is 1.71 bits per heavy atom. The number of ether oxygens (including phenoxy) is 2. The van der Waals surface area contributed by atoms with Crippen LogP contribution in [0.3, 0.4) is 0 Å². The van der Waals surface area contributed by atoms with Crippen LogP contribution in [-0.4, -0.2) is 36.2 Å². The summed E-state index contributed by atoms with van der Waals surface area (Å²) in [5.41, 5.74) is 0.784.